The van der Waals surface area contributed by atoms with Crippen LogP contribution < -0.4 is 0 Å². The SMILES string of the molecule is CCc1ccccc1C1C(C(=O)O)OCC(=O)N1C(C)C. The van der Waals surface area contributed by atoms with E-state index < -0.39 is 18.1 Å². The standard InChI is InChI=1S/C16H21NO4/c1-4-11-7-5-6-8-12(11)14-15(16(19)20)21-9-13(18)17(14)10(2)3/h5-8,10,14-15H,4,9H2,1-3H3,(H,19,20). The number of benzene rings is 1. The summed E-state index contributed by atoms with van der Waals surface area (Å²) < 4.78 is 5.31. The van der Waals surface area contributed by atoms with Crippen molar-refractivity contribution in [2.45, 2.75) is 45.4 Å². The van der Waals surface area contributed by atoms with Crippen LogP contribution in [0.5, 0.6) is 0 Å². The highest BCUT2D eigenvalue weighted by Crippen LogP contribution is 2.34. The van der Waals surface area contributed by atoms with Crippen molar-refractivity contribution in [3.8, 4) is 0 Å². The van der Waals surface area contributed by atoms with E-state index in [1.54, 1.807) is 4.90 Å². The molecule has 0 spiro atoms. The van der Waals surface area contributed by atoms with Crippen LogP contribution in [0.2, 0.25) is 0 Å². The number of rotatable bonds is 4. The van der Waals surface area contributed by atoms with E-state index in [1.807, 2.05) is 45.0 Å². The van der Waals surface area contributed by atoms with Gasteiger partial charge < -0.3 is 14.7 Å². The van der Waals surface area contributed by atoms with Crippen molar-refractivity contribution >= 4 is 11.9 Å². The van der Waals surface area contributed by atoms with Crippen LogP contribution in [0.25, 0.3) is 0 Å². The fraction of sp³-hybridized carbons (Fsp3) is 0.500. The number of hydrogen-bond acceptors (Lipinski definition) is 3. The number of carboxylic acids is 1. The molecule has 2 unspecified atom stereocenters. The number of amides is 1. The Bertz CT molecular complexity index is 541. The minimum atomic E-state index is -1.04. The number of carbonyl (C=O) groups excluding carboxylic acids is 1. The Hall–Kier alpha value is -1.88. The van der Waals surface area contributed by atoms with Crippen molar-refractivity contribution in [3.63, 3.8) is 0 Å². The Morgan fingerprint density at radius 1 is 1.43 bits per heavy atom. The summed E-state index contributed by atoms with van der Waals surface area (Å²) >= 11 is 0. The summed E-state index contributed by atoms with van der Waals surface area (Å²) in [6.45, 7) is 5.62. The van der Waals surface area contributed by atoms with E-state index in [9.17, 15) is 14.7 Å². The minimum Gasteiger partial charge on any atom is -0.479 e. The number of aryl methyl sites for hydroxylation is 1. The molecule has 1 N–H and O–H groups in total. The van der Waals surface area contributed by atoms with Gasteiger partial charge in [0.2, 0.25) is 5.91 Å². The van der Waals surface area contributed by atoms with Crippen molar-refractivity contribution in [1.29, 1.82) is 0 Å². The van der Waals surface area contributed by atoms with Gasteiger partial charge >= 0.3 is 5.97 Å². The van der Waals surface area contributed by atoms with E-state index in [0.717, 1.165) is 17.5 Å². The lowest BCUT2D eigenvalue weighted by Gasteiger charge is -2.42. The van der Waals surface area contributed by atoms with E-state index in [4.69, 9.17) is 4.74 Å². The summed E-state index contributed by atoms with van der Waals surface area (Å²) in [6.07, 6.45) is -0.253. The van der Waals surface area contributed by atoms with Crippen LogP contribution in [-0.2, 0) is 20.7 Å². The van der Waals surface area contributed by atoms with E-state index in [2.05, 4.69) is 0 Å². The lowest BCUT2D eigenvalue weighted by atomic mass is 9.91. The van der Waals surface area contributed by atoms with E-state index in [-0.39, 0.29) is 18.6 Å². The lowest BCUT2D eigenvalue weighted by Crippen LogP contribution is -2.54. The minimum absolute atomic E-state index is 0.0850. The highest BCUT2D eigenvalue weighted by molar-refractivity contribution is 5.83. The Morgan fingerprint density at radius 2 is 2.10 bits per heavy atom. The topological polar surface area (TPSA) is 66.8 Å². The van der Waals surface area contributed by atoms with Gasteiger partial charge in [0, 0.05) is 6.04 Å². The van der Waals surface area contributed by atoms with Crippen LogP contribution >= 0.6 is 0 Å². The van der Waals surface area contributed by atoms with Gasteiger partial charge in [-0.25, -0.2) is 4.79 Å². The van der Waals surface area contributed by atoms with Crippen molar-refractivity contribution in [2.75, 3.05) is 6.61 Å². The van der Waals surface area contributed by atoms with E-state index >= 15 is 0 Å². The van der Waals surface area contributed by atoms with Crippen LogP contribution in [0.1, 0.15) is 37.9 Å². The van der Waals surface area contributed by atoms with E-state index in [1.165, 1.54) is 0 Å². The molecule has 114 valence electrons. The smallest absolute Gasteiger partial charge is 0.335 e. The third kappa shape index (κ3) is 2.93. The molecule has 1 amide bonds. The van der Waals surface area contributed by atoms with Gasteiger partial charge in [-0.1, -0.05) is 31.2 Å². The summed E-state index contributed by atoms with van der Waals surface area (Å²) in [4.78, 5) is 25.4. The second kappa shape index (κ2) is 6.26. The molecule has 0 aromatic heterocycles. The first-order valence-corrected chi connectivity index (χ1v) is 7.20. The predicted molar refractivity (Wildman–Crippen MR) is 77.9 cm³/mol. The number of aliphatic carboxylic acids is 1. The summed E-state index contributed by atoms with van der Waals surface area (Å²) in [5, 5.41) is 9.46. The van der Waals surface area contributed by atoms with Crippen molar-refractivity contribution in [1.82, 2.24) is 4.90 Å². The molecule has 1 aromatic rings. The molecule has 0 aliphatic carbocycles. The molecule has 2 rings (SSSR count). The number of nitrogens with zero attached hydrogens (tertiary/aromatic N) is 1. The summed E-state index contributed by atoms with van der Waals surface area (Å²) in [6, 6.07) is 6.97. The predicted octanol–water partition coefficient (Wildman–Crippen LogP) is 2.01. The third-order valence-electron chi connectivity index (χ3n) is 3.82. The Balaban J connectivity index is 2.54. The van der Waals surface area contributed by atoms with Gasteiger partial charge in [-0.3, -0.25) is 4.79 Å². The van der Waals surface area contributed by atoms with Gasteiger partial charge in [-0.2, -0.15) is 0 Å². The summed E-state index contributed by atoms with van der Waals surface area (Å²) in [5.74, 6) is -1.21. The zero-order valence-corrected chi connectivity index (χ0v) is 12.6. The molecule has 5 nitrogen and oxygen atoms in total. The van der Waals surface area contributed by atoms with Crippen molar-refractivity contribution in [3.05, 3.63) is 35.4 Å². The molecule has 2 atom stereocenters. The monoisotopic (exact) mass is 291 g/mol. The third-order valence-corrected chi connectivity index (χ3v) is 3.82. The molecular formula is C16H21NO4. The summed E-state index contributed by atoms with van der Waals surface area (Å²) in [5.41, 5.74) is 1.90. The first kappa shape index (κ1) is 15.5. The van der Waals surface area contributed by atoms with Crippen LogP contribution in [0.4, 0.5) is 0 Å². The van der Waals surface area contributed by atoms with Gasteiger partial charge in [0.05, 0.1) is 6.04 Å². The maximum absolute atomic E-state index is 12.2. The molecule has 0 bridgehead atoms. The molecule has 0 radical (unpaired) electrons. The summed E-state index contributed by atoms with van der Waals surface area (Å²) in [7, 11) is 0. The Morgan fingerprint density at radius 3 is 2.67 bits per heavy atom. The Labute approximate surface area is 124 Å². The normalized spacial score (nSPS) is 22.7. The van der Waals surface area contributed by atoms with Crippen molar-refractivity contribution < 1.29 is 19.4 Å². The molecule has 1 aromatic carbocycles. The van der Waals surface area contributed by atoms with Crippen molar-refractivity contribution in [2.24, 2.45) is 0 Å². The average Bonchev–Trinajstić information content (AvgIpc) is 2.46. The molecule has 1 aliphatic heterocycles. The van der Waals surface area contributed by atoms with Crippen LogP contribution in [0, 0.1) is 0 Å². The van der Waals surface area contributed by atoms with Crippen LogP contribution in [0.15, 0.2) is 24.3 Å². The number of hydrogen-bond donors (Lipinski definition) is 1. The maximum atomic E-state index is 12.2. The molecule has 0 saturated carbocycles. The molecule has 1 fully saturated rings. The molecule has 1 aliphatic rings. The molecule has 1 heterocycles. The number of carboxylic acid groups (broad SMARTS) is 1. The second-order valence-corrected chi connectivity index (χ2v) is 5.46. The number of morpholine rings is 1. The average molecular weight is 291 g/mol. The molecule has 21 heavy (non-hydrogen) atoms. The number of ether oxygens (including phenoxy) is 1. The molecule has 1 saturated heterocycles. The van der Waals surface area contributed by atoms with Gasteiger partial charge in [-0.05, 0) is 31.4 Å². The first-order chi connectivity index (χ1) is 9.97. The van der Waals surface area contributed by atoms with Crippen LogP contribution in [-0.4, -0.2) is 40.6 Å². The fourth-order valence-electron chi connectivity index (χ4n) is 2.90. The molecular weight excluding hydrogens is 270 g/mol. The van der Waals surface area contributed by atoms with Gasteiger partial charge in [-0.15, -0.1) is 0 Å². The van der Waals surface area contributed by atoms with Gasteiger partial charge in [0.25, 0.3) is 0 Å². The van der Waals surface area contributed by atoms with E-state index in [0.29, 0.717) is 0 Å². The number of carbonyl (C=O) groups is 2. The fourth-order valence-corrected chi connectivity index (χ4v) is 2.90. The molecule has 5 heteroatoms. The zero-order chi connectivity index (χ0) is 15.6. The second-order valence-electron chi connectivity index (χ2n) is 5.46. The largest absolute Gasteiger partial charge is 0.479 e. The zero-order valence-electron chi connectivity index (χ0n) is 12.6. The van der Waals surface area contributed by atoms with Gasteiger partial charge in [0.1, 0.15) is 6.61 Å². The first-order valence-electron chi connectivity index (χ1n) is 7.20. The highest BCUT2D eigenvalue weighted by atomic mass is 16.5. The Kier molecular flexibility index (Phi) is 4.63. The van der Waals surface area contributed by atoms with Crippen LogP contribution in [0.3, 0.4) is 0 Å². The van der Waals surface area contributed by atoms with Gasteiger partial charge in [0.15, 0.2) is 6.10 Å². The maximum Gasteiger partial charge on any atom is 0.335 e. The highest BCUT2D eigenvalue weighted by Gasteiger charge is 2.43. The quantitative estimate of drug-likeness (QED) is 0.921. The lowest BCUT2D eigenvalue weighted by molar-refractivity contribution is -0.175.